The van der Waals surface area contributed by atoms with Crippen LogP contribution < -0.4 is 0 Å². The third-order valence-electron chi connectivity index (χ3n) is 1.89. The van der Waals surface area contributed by atoms with Gasteiger partial charge in [-0.05, 0) is 17.7 Å². The van der Waals surface area contributed by atoms with Crippen molar-refractivity contribution in [1.82, 2.24) is 9.29 Å². The molecule has 16 heavy (non-hydrogen) atoms. The van der Waals surface area contributed by atoms with Crippen molar-refractivity contribution in [1.29, 1.82) is 0 Å². The van der Waals surface area contributed by atoms with E-state index in [-0.39, 0.29) is 6.54 Å². The van der Waals surface area contributed by atoms with Gasteiger partial charge >= 0.3 is 5.97 Å². The molecular formula is C9H12N2O4S. The van der Waals surface area contributed by atoms with Crippen molar-refractivity contribution in [3.05, 3.63) is 30.1 Å². The van der Waals surface area contributed by atoms with Crippen molar-refractivity contribution in [2.24, 2.45) is 0 Å². The van der Waals surface area contributed by atoms with Crippen molar-refractivity contribution in [3.63, 3.8) is 0 Å². The molecule has 1 N–H and O–H groups in total. The van der Waals surface area contributed by atoms with Gasteiger partial charge in [0.1, 0.15) is 6.54 Å². The molecule has 0 aliphatic rings. The summed E-state index contributed by atoms with van der Waals surface area (Å²) in [5.74, 6) is -1.18. The Bertz CT molecular complexity index is 458. The molecule has 0 atom stereocenters. The molecule has 6 nitrogen and oxygen atoms in total. The Balaban J connectivity index is 2.84. The molecule has 0 radical (unpaired) electrons. The molecule has 0 bridgehead atoms. The van der Waals surface area contributed by atoms with Gasteiger partial charge in [-0.2, -0.15) is 4.31 Å². The third kappa shape index (κ3) is 3.95. The maximum atomic E-state index is 11.3. The summed E-state index contributed by atoms with van der Waals surface area (Å²) in [6.07, 6.45) is 4.03. The van der Waals surface area contributed by atoms with Gasteiger partial charge in [0.2, 0.25) is 10.0 Å². The predicted molar refractivity (Wildman–Crippen MR) is 57.1 cm³/mol. The van der Waals surface area contributed by atoms with E-state index in [4.69, 9.17) is 5.11 Å². The number of hydrogen-bond acceptors (Lipinski definition) is 4. The van der Waals surface area contributed by atoms with Crippen molar-refractivity contribution in [2.45, 2.75) is 6.54 Å². The number of sulfonamides is 1. The number of carboxylic acid groups (broad SMARTS) is 1. The summed E-state index contributed by atoms with van der Waals surface area (Å²) >= 11 is 0. The van der Waals surface area contributed by atoms with E-state index in [0.29, 0.717) is 5.56 Å². The van der Waals surface area contributed by atoms with Crippen LogP contribution in [0.15, 0.2) is 24.5 Å². The molecule has 7 heteroatoms. The van der Waals surface area contributed by atoms with Gasteiger partial charge in [0.05, 0.1) is 6.26 Å². The van der Waals surface area contributed by atoms with Crippen molar-refractivity contribution in [3.8, 4) is 0 Å². The second-order valence-electron chi connectivity index (χ2n) is 3.28. The predicted octanol–water partition coefficient (Wildman–Crippen LogP) is -0.0722. The Morgan fingerprint density at radius 1 is 1.44 bits per heavy atom. The van der Waals surface area contributed by atoms with E-state index in [2.05, 4.69) is 4.98 Å². The number of aliphatic carboxylic acids is 1. The Morgan fingerprint density at radius 2 is 2.00 bits per heavy atom. The molecule has 0 aromatic carbocycles. The van der Waals surface area contributed by atoms with Crippen LogP contribution in [0.3, 0.4) is 0 Å². The monoisotopic (exact) mass is 244 g/mol. The molecule has 0 unspecified atom stereocenters. The lowest BCUT2D eigenvalue weighted by Crippen LogP contribution is -2.34. The van der Waals surface area contributed by atoms with Crippen LogP contribution in [0.4, 0.5) is 0 Å². The van der Waals surface area contributed by atoms with Crippen LogP contribution in [0.5, 0.6) is 0 Å². The van der Waals surface area contributed by atoms with Crippen molar-refractivity contribution < 1.29 is 18.3 Å². The van der Waals surface area contributed by atoms with Crippen LogP contribution in [0.1, 0.15) is 5.56 Å². The number of hydrogen-bond donors (Lipinski definition) is 1. The molecular weight excluding hydrogens is 232 g/mol. The topological polar surface area (TPSA) is 87.6 Å². The maximum Gasteiger partial charge on any atom is 0.318 e. The second kappa shape index (κ2) is 5.04. The molecule has 0 saturated carbocycles. The number of nitrogens with zero attached hydrogens (tertiary/aromatic N) is 2. The zero-order valence-electron chi connectivity index (χ0n) is 8.70. The number of rotatable bonds is 5. The minimum Gasteiger partial charge on any atom is -0.480 e. The average Bonchev–Trinajstić information content (AvgIpc) is 2.16. The molecule has 0 spiro atoms. The molecule has 1 aromatic heterocycles. The van der Waals surface area contributed by atoms with Crippen LogP contribution in [-0.2, 0) is 21.4 Å². The average molecular weight is 244 g/mol. The van der Waals surface area contributed by atoms with Gasteiger partial charge in [-0.3, -0.25) is 9.78 Å². The Labute approximate surface area is 93.6 Å². The number of aromatic nitrogens is 1. The van der Waals surface area contributed by atoms with Crippen molar-refractivity contribution in [2.75, 3.05) is 12.8 Å². The van der Waals surface area contributed by atoms with E-state index in [1.54, 1.807) is 12.1 Å². The smallest absolute Gasteiger partial charge is 0.318 e. The quantitative estimate of drug-likeness (QED) is 0.783. The van der Waals surface area contributed by atoms with Gasteiger partial charge in [-0.15, -0.1) is 0 Å². The SMILES string of the molecule is CS(=O)(=O)N(CC(=O)O)Cc1ccncc1. The van der Waals surface area contributed by atoms with Gasteiger partial charge in [0, 0.05) is 18.9 Å². The molecule has 1 heterocycles. The van der Waals surface area contributed by atoms with Crippen LogP contribution in [-0.4, -0.2) is 41.6 Å². The van der Waals surface area contributed by atoms with Gasteiger partial charge < -0.3 is 5.11 Å². The summed E-state index contributed by atoms with van der Waals surface area (Å²) in [4.78, 5) is 14.3. The summed E-state index contributed by atoms with van der Waals surface area (Å²) in [6.45, 7) is -0.505. The summed E-state index contributed by atoms with van der Waals surface area (Å²) in [7, 11) is -3.53. The van der Waals surface area contributed by atoms with Crippen LogP contribution in [0.2, 0.25) is 0 Å². The molecule has 0 fully saturated rings. The largest absolute Gasteiger partial charge is 0.480 e. The fourth-order valence-electron chi connectivity index (χ4n) is 1.13. The fraction of sp³-hybridized carbons (Fsp3) is 0.333. The Morgan fingerprint density at radius 3 is 2.44 bits per heavy atom. The molecule has 0 amide bonds. The van der Waals surface area contributed by atoms with E-state index < -0.39 is 22.5 Å². The maximum absolute atomic E-state index is 11.3. The molecule has 1 aromatic rings. The van der Waals surface area contributed by atoms with Crippen LogP contribution >= 0.6 is 0 Å². The lowest BCUT2D eigenvalue weighted by Gasteiger charge is -2.17. The normalized spacial score (nSPS) is 11.6. The van der Waals surface area contributed by atoms with E-state index in [1.165, 1.54) is 12.4 Å². The fourth-order valence-corrected chi connectivity index (χ4v) is 1.86. The highest BCUT2D eigenvalue weighted by atomic mass is 32.2. The van der Waals surface area contributed by atoms with Gasteiger partial charge in [-0.1, -0.05) is 0 Å². The van der Waals surface area contributed by atoms with E-state index in [1.807, 2.05) is 0 Å². The molecule has 88 valence electrons. The van der Waals surface area contributed by atoms with E-state index in [9.17, 15) is 13.2 Å². The Hall–Kier alpha value is -1.47. The zero-order chi connectivity index (χ0) is 12.2. The third-order valence-corrected chi connectivity index (χ3v) is 3.09. The van der Waals surface area contributed by atoms with E-state index >= 15 is 0 Å². The number of pyridine rings is 1. The first-order valence-electron chi connectivity index (χ1n) is 4.45. The lowest BCUT2D eigenvalue weighted by atomic mass is 10.3. The molecule has 0 saturated heterocycles. The number of carbonyl (C=O) groups is 1. The highest BCUT2D eigenvalue weighted by Gasteiger charge is 2.19. The van der Waals surface area contributed by atoms with Crippen LogP contribution in [0, 0.1) is 0 Å². The molecule has 0 aliphatic heterocycles. The highest BCUT2D eigenvalue weighted by Crippen LogP contribution is 2.06. The molecule has 0 aliphatic carbocycles. The van der Waals surface area contributed by atoms with Gasteiger partial charge in [0.15, 0.2) is 0 Å². The van der Waals surface area contributed by atoms with Crippen molar-refractivity contribution >= 4 is 16.0 Å². The van der Waals surface area contributed by atoms with Gasteiger partial charge in [-0.25, -0.2) is 8.42 Å². The second-order valence-corrected chi connectivity index (χ2v) is 5.26. The van der Waals surface area contributed by atoms with Crippen LogP contribution in [0.25, 0.3) is 0 Å². The molecule has 1 rings (SSSR count). The Kier molecular flexibility index (Phi) is 3.97. The summed E-state index contributed by atoms with van der Waals surface area (Å²) in [5, 5.41) is 8.61. The van der Waals surface area contributed by atoms with Gasteiger partial charge in [0.25, 0.3) is 0 Å². The summed E-state index contributed by atoms with van der Waals surface area (Å²) in [5.41, 5.74) is 0.696. The number of carboxylic acids is 1. The highest BCUT2D eigenvalue weighted by molar-refractivity contribution is 7.88. The first-order chi connectivity index (χ1) is 7.39. The minimum atomic E-state index is -3.53. The first kappa shape index (κ1) is 12.6. The zero-order valence-corrected chi connectivity index (χ0v) is 9.51. The first-order valence-corrected chi connectivity index (χ1v) is 6.30. The standard InChI is InChI=1S/C9H12N2O4S/c1-16(14,15)11(7-9(12)13)6-8-2-4-10-5-3-8/h2-5H,6-7H2,1H3,(H,12,13). The lowest BCUT2D eigenvalue weighted by molar-refractivity contribution is -0.137. The minimum absolute atomic E-state index is 0.0354. The summed E-state index contributed by atoms with van der Waals surface area (Å²) < 4.78 is 23.5. The summed E-state index contributed by atoms with van der Waals surface area (Å²) in [6, 6.07) is 3.28. The van der Waals surface area contributed by atoms with E-state index in [0.717, 1.165) is 10.6 Å².